The summed E-state index contributed by atoms with van der Waals surface area (Å²) in [7, 11) is 0. The van der Waals surface area contributed by atoms with Crippen LogP contribution in [0.4, 0.5) is 0 Å². The average Bonchev–Trinajstić information content (AvgIpc) is 3.34. The third kappa shape index (κ3) is 4.14. The first-order valence-corrected chi connectivity index (χ1v) is 10.8. The zero-order valence-corrected chi connectivity index (χ0v) is 17.9. The summed E-state index contributed by atoms with van der Waals surface area (Å²) in [6.07, 6.45) is 2.34. The second-order valence-electron chi connectivity index (χ2n) is 7.33. The van der Waals surface area contributed by atoms with Gasteiger partial charge in [0.05, 0.1) is 13.3 Å². The van der Waals surface area contributed by atoms with Gasteiger partial charge in [0.1, 0.15) is 5.75 Å². The number of benzene rings is 2. The molecule has 1 aliphatic rings. The zero-order valence-electron chi connectivity index (χ0n) is 17.1. The van der Waals surface area contributed by atoms with Crippen LogP contribution in [0.3, 0.4) is 0 Å². The predicted octanol–water partition coefficient (Wildman–Crippen LogP) is 5.29. The van der Waals surface area contributed by atoms with E-state index in [1.54, 1.807) is 0 Å². The van der Waals surface area contributed by atoms with Crippen LogP contribution >= 0.6 is 12.2 Å². The van der Waals surface area contributed by atoms with Crippen molar-refractivity contribution in [3.8, 4) is 17.1 Å². The highest BCUT2D eigenvalue weighted by Crippen LogP contribution is 2.33. The zero-order chi connectivity index (χ0) is 20.2. The Morgan fingerprint density at radius 2 is 1.83 bits per heavy atom. The van der Waals surface area contributed by atoms with Crippen molar-refractivity contribution in [3.05, 3.63) is 64.9 Å². The smallest absolute Gasteiger partial charge is 0.199 e. The van der Waals surface area contributed by atoms with E-state index in [9.17, 15) is 0 Å². The van der Waals surface area contributed by atoms with Crippen LogP contribution in [-0.2, 0) is 13.2 Å². The van der Waals surface area contributed by atoms with Crippen LogP contribution in [0, 0.1) is 4.77 Å². The van der Waals surface area contributed by atoms with Gasteiger partial charge in [-0.1, -0.05) is 42.5 Å². The number of aromatic nitrogens is 3. The Kier molecular flexibility index (Phi) is 6.11. The van der Waals surface area contributed by atoms with E-state index in [0.717, 1.165) is 41.4 Å². The molecular formula is C23H28N4OS. The largest absolute Gasteiger partial charge is 0.494 e. The summed E-state index contributed by atoms with van der Waals surface area (Å²) in [5, 5.41) is 4.89. The highest BCUT2D eigenvalue weighted by atomic mass is 32.1. The molecule has 3 aromatic rings. The maximum absolute atomic E-state index is 5.77. The van der Waals surface area contributed by atoms with Crippen molar-refractivity contribution in [2.75, 3.05) is 13.2 Å². The van der Waals surface area contributed by atoms with E-state index in [1.165, 1.54) is 12.0 Å². The molecule has 1 aromatic heterocycles. The monoisotopic (exact) mass is 408 g/mol. The van der Waals surface area contributed by atoms with Gasteiger partial charge < -0.3 is 9.30 Å². The summed E-state index contributed by atoms with van der Waals surface area (Å²) in [4.78, 5) is 2.48. The Balaban J connectivity index is 1.58. The molecule has 6 heteroatoms. The molecule has 29 heavy (non-hydrogen) atoms. The number of hydrogen-bond donors (Lipinski definition) is 0. The number of ether oxygens (including phenoxy) is 1. The van der Waals surface area contributed by atoms with Gasteiger partial charge in [-0.25, -0.2) is 4.68 Å². The summed E-state index contributed by atoms with van der Waals surface area (Å²) >= 11 is 5.77. The van der Waals surface area contributed by atoms with Gasteiger partial charge in [0, 0.05) is 24.7 Å². The van der Waals surface area contributed by atoms with E-state index >= 15 is 0 Å². The first-order chi connectivity index (χ1) is 14.2. The lowest BCUT2D eigenvalue weighted by molar-refractivity contribution is 0.189. The van der Waals surface area contributed by atoms with Crippen molar-refractivity contribution < 1.29 is 4.74 Å². The Bertz CT molecular complexity index is 994. The van der Waals surface area contributed by atoms with Gasteiger partial charge in [-0.15, -0.1) is 0 Å². The SMILES string of the molecule is CCOc1ccc([C@@H]2CCCN2Cn2nc(-c3ccccc3)n(CC)c2=S)cc1. The van der Waals surface area contributed by atoms with Gasteiger partial charge in [-0.2, -0.15) is 5.10 Å². The second-order valence-corrected chi connectivity index (χ2v) is 7.70. The molecule has 0 saturated carbocycles. The summed E-state index contributed by atoms with van der Waals surface area (Å²) in [5.74, 6) is 1.87. The molecule has 2 heterocycles. The molecule has 152 valence electrons. The molecule has 1 fully saturated rings. The molecule has 5 nitrogen and oxygen atoms in total. The van der Waals surface area contributed by atoms with E-state index in [1.807, 2.05) is 29.8 Å². The summed E-state index contributed by atoms with van der Waals surface area (Å²) in [6.45, 7) is 7.40. The van der Waals surface area contributed by atoms with Gasteiger partial charge in [0.2, 0.25) is 0 Å². The van der Waals surface area contributed by atoms with Crippen molar-refractivity contribution in [1.82, 2.24) is 19.2 Å². The molecule has 0 N–H and O–H groups in total. The normalized spacial score (nSPS) is 17.0. The summed E-state index contributed by atoms with van der Waals surface area (Å²) in [5.41, 5.74) is 2.43. The Morgan fingerprint density at radius 3 is 2.52 bits per heavy atom. The highest BCUT2D eigenvalue weighted by molar-refractivity contribution is 7.71. The molecule has 0 radical (unpaired) electrons. The Morgan fingerprint density at radius 1 is 1.07 bits per heavy atom. The first-order valence-electron chi connectivity index (χ1n) is 10.4. The van der Waals surface area contributed by atoms with Crippen molar-refractivity contribution in [2.24, 2.45) is 0 Å². The van der Waals surface area contributed by atoms with Crippen LogP contribution in [0.25, 0.3) is 11.4 Å². The minimum Gasteiger partial charge on any atom is -0.494 e. The minimum atomic E-state index is 0.388. The molecule has 1 atom stereocenters. The van der Waals surface area contributed by atoms with Crippen LogP contribution in [0.5, 0.6) is 5.75 Å². The molecule has 1 saturated heterocycles. The van der Waals surface area contributed by atoms with Gasteiger partial charge in [0.15, 0.2) is 10.6 Å². The molecule has 0 spiro atoms. The fraction of sp³-hybridized carbons (Fsp3) is 0.391. The van der Waals surface area contributed by atoms with Gasteiger partial charge >= 0.3 is 0 Å². The summed E-state index contributed by atoms with van der Waals surface area (Å²) < 4.78 is 10.5. The molecule has 0 aliphatic carbocycles. The van der Waals surface area contributed by atoms with Crippen LogP contribution in [0.2, 0.25) is 0 Å². The lowest BCUT2D eigenvalue weighted by Gasteiger charge is -2.24. The Hall–Kier alpha value is -2.44. The van der Waals surface area contributed by atoms with Crippen molar-refractivity contribution >= 4 is 12.2 Å². The molecule has 1 aliphatic heterocycles. The quantitative estimate of drug-likeness (QED) is 0.497. The second kappa shape index (κ2) is 8.93. The molecule has 0 unspecified atom stereocenters. The third-order valence-corrected chi connectivity index (χ3v) is 5.96. The summed E-state index contributed by atoms with van der Waals surface area (Å²) in [6, 6.07) is 19.2. The first kappa shape index (κ1) is 19.9. The number of likely N-dealkylation sites (tertiary alicyclic amines) is 1. The third-order valence-electron chi connectivity index (χ3n) is 5.53. The lowest BCUT2D eigenvalue weighted by Crippen LogP contribution is -2.27. The van der Waals surface area contributed by atoms with Crippen LogP contribution < -0.4 is 4.74 Å². The molecular weight excluding hydrogens is 380 g/mol. The molecule has 2 aromatic carbocycles. The molecule has 4 rings (SSSR count). The van der Waals surface area contributed by atoms with Gasteiger partial charge in [-0.3, -0.25) is 4.90 Å². The van der Waals surface area contributed by atoms with Crippen molar-refractivity contribution in [2.45, 2.75) is 45.9 Å². The fourth-order valence-corrected chi connectivity index (χ4v) is 4.43. The predicted molar refractivity (Wildman–Crippen MR) is 118 cm³/mol. The number of nitrogens with zero attached hydrogens (tertiary/aromatic N) is 4. The Labute approximate surface area is 177 Å². The molecule has 0 bridgehead atoms. The highest BCUT2D eigenvalue weighted by Gasteiger charge is 2.27. The lowest BCUT2D eigenvalue weighted by atomic mass is 10.0. The van der Waals surface area contributed by atoms with Crippen LogP contribution in [-0.4, -0.2) is 32.4 Å². The fourth-order valence-electron chi connectivity index (χ4n) is 4.12. The standard InChI is InChI=1S/C23H28N4OS/c1-3-26-22(19-9-6-5-7-10-19)24-27(23(26)29)17-25-16-8-11-21(25)18-12-14-20(15-13-18)28-4-2/h5-7,9-10,12-15,21H,3-4,8,11,16-17H2,1-2H3/t21-/m0/s1. The van der Waals surface area contributed by atoms with Crippen molar-refractivity contribution in [3.63, 3.8) is 0 Å². The van der Waals surface area contributed by atoms with E-state index in [4.69, 9.17) is 22.1 Å². The molecule has 0 amide bonds. The van der Waals surface area contributed by atoms with E-state index < -0.39 is 0 Å². The van der Waals surface area contributed by atoms with E-state index in [2.05, 4.69) is 52.8 Å². The maximum atomic E-state index is 5.77. The van der Waals surface area contributed by atoms with Crippen molar-refractivity contribution in [1.29, 1.82) is 0 Å². The van der Waals surface area contributed by atoms with E-state index in [-0.39, 0.29) is 0 Å². The minimum absolute atomic E-state index is 0.388. The average molecular weight is 409 g/mol. The van der Waals surface area contributed by atoms with Gasteiger partial charge in [-0.05, 0) is 56.6 Å². The van der Waals surface area contributed by atoms with Crippen LogP contribution in [0.1, 0.15) is 38.3 Å². The number of hydrogen-bond acceptors (Lipinski definition) is 4. The topological polar surface area (TPSA) is 35.2 Å². The van der Waals surface area contributed by atoms with Crippen LogP contribution in [0.15, 0.2) is 54.6 Å². The number of rotatable bonds is 7. The van der Waals surface area contributed by atoms with Gasteiger partial charge in [0.25, 0.3) is 0 Å². The van der Waals surface area contributed by atoms with E-state index in [0.29, 0.717) is 19.3 Å². The maximum Gasteiger partial charge on any atom is 0.199 e.